The molecule has 1 aliphatic carbocycles. The first-order valence-corrected chi connectivity index (χ1v) is 18.4. The number of allylic oxidation sites excluding steroid dienone is 4. The summed E-state index contributed by atoms with van der Waals surface area (Å²) < 4.78 is 0. The number of hydrogen-bond donors (Lipinski definition) is 1. The van der Waals surface area contributed by atoms with Crippen molar-refractivity contribution in [1.29, 1.82) is 0 Å². The average molecular weight is 523 g/mol. The molecule has 2 aromatic rings. The average Bonchev–Trinajstić information content (AvgIpc) is 3.00. The summed E-state index contributed by atoms with van der Waals surface area (Å²) in [6.07, 6.45) is 6.20. The fraction of sp³-hybridized carbons (Fsp3) is 0.188. The number of nitrogens with zero attached hydrogens (tertiary/aromatic N) is 1. The van der Waals surface area contributed by atoms with E-state index in [4.69, 9.17) is 11.6 Å². The van der Waals surface area contributed by atoms with Gasteiger partial charge in [-0.05, 0) is 36.1 Å². The first-order chi connectivity index (χ1) is 10.6. The number of aromatic hydroxyl groups is 1. The van der Waals surface area contributed by atoms with Gasteiger partial charge in [0.15, 0.2) is 5.75 Å². The van der Waals surface area contributed by atoms with Gasteiger partial charge in [-0.25, -0.2) is 4.98 Å². The second-order valence-corrected chi connectivity index (χ2v) is 16.4. The Hall–Kier alpha value is 0.0431. The Bertz CT molecular complexity index is 746. The Morgan fingerprint density at radius 3 is 2.64 bits per heavy atom. The molecule has 3 rings (SSSR count). The van der Waals surface area contributed by atoms with Crippen LogP contribution in [0.15, 0.2) is 42.0 Å². The molecule has 0 saturated heterocycles. The van der Waals surface area contributed by atoms with Crippen LogP contribution in [0, 0.1) is 0 Å². The maximum atomic E-state index is 10.0. The number of aromatic nitrogens is 1. The molecule has 2 nitrogen and oxygen atoms in total. The Morgan fingerprint density at radius 1 is 1.27 bits per heavy atom. The molecule has 1 aromatic carbocycles. The Morgan fingerprint density at radius 2 is 1.95 bits per heavy atom. The van der Waals surface area contributed by atoms with Crippen molar-refractivity contribution < 1.29 is 23.6 Å². The van der Waals surface area contributed by atoms with Crippen LogP contribution in [0.5, 0.6) is 5.75 Å². The molecule has 1 aliphatic rings. The van der Waals surface area contributed by atoms with E-state index >= 15 is 0 Å². The summed E-state index contributed by atoms with van der Waals surface area (Å²) in [4.78, 5) is 4.58. The summed E-state index contributed by atoms with van der Waals surface area (Å²) in [5.74, 6) is 0.0608. The third kappa shape index (κ3) is 4.11. The minimum absolute atomic E-state index is 0.0608. The number of halogens is 3. The monoisotopic (exact) mass is 519 g/mol. The predicted molar refractivity (Wildman–Crippen MR) is 97.2 cm³/mol. The summed E-state index contributed by atoms with van der Waals surface area (Å²) >= 11 is 12.3. The van der Waals surface area contributed by atoms with E-state index in [1.54, 1.807) is 6.07 Å². The van der Waals surface area contributed by atoms with Crippen molar-refractivity contribution in [2.24, 2.45) is 0 Å². The van der Waals surface area contributed by atoms with Crippen LogP contribution < -0.4 is 0 Å². The third-order valence-corrected chi connectivity index (χ3v) is 3.81. The normalized spacial score (nSPS) is 13.3. The van der Waals surface area contributed by atoms with Crippen LogP contribution in [0.25, 0.3) is 16.5 Å². The van der Waals surface area contributed by atoms with Crippen LogP contribution in [0.3, 0.4) is 0 Å². The Kier molecular flexibility index (Phi) is 7.33. The molecule has 114 valence electrons. The molecule has 1 N–H and O–H groups in total. The summed E-state index contributed by atoms with van der Waals surface area (Å²) in [5.41, 5.74) is 4.05. The van der Waals surface area contributed by atoms with E-state index in [9.17, 15) is 5.11 Å². The predicted octanol–water partition coefficient (Wildman–Crippen LogP) is 6.41. The molecule has 22 heavy (non-hydrogen) atoms. The van der Waals surface area contributed by atoms with Crippen molar-refractivity contribution in [2.75, 3.05) is 0 Å². The van der Waals surface area contributed by atoms with Crippen LogP contribution in [0.2, 0.25) is 5.02 Å². The van der Waals surface area contributed by atoms with Gasteiger partial charge in [-0.2, -0.15) is 0 Å². The molecule has 1 aromatic heterocycles. The molecule has 0 spiro atoms. The van der Waals surface area contributed by atoms with Crippen molar-refractivity contribution in [3.63, 3.8) is 0 Å². The SMILES string of the molecule is CCC1=C(c2ccc3ccc(Cl)c(O)c3n2)CC=C1.[Br][Zr][Br]. The fourth-order valence-corrected chi connectivity index (χ4v) is 2.62. The van der Waals surface area contributed by atoms with Crippen molar-refractivity contribution in [2.45, 2.75) is 19.8 Å². The Labute approximate surface area is 158 Å². The molecule has 0 unspecified atom stereocenters. The molecule has 6 heteroatoms. The van der Waals surface area contributed by atoms with Crippen LogP contribution in [-0.4, -0.2) is 10.1 Å². The first-order valence-electron chi connectivity index (χ1n) is 6.75. The molecule has 0 radical (unpaired) electrons. The number of phenols is 1. The zero-order valence-corrected chi connectivity index (χ0v) is 18.3. The van der Waals surface area contributed by atoms with Gasteiger partial charge in [-0.3, -0.25) is 0 Å². The van der Waals surface area contributed by atoms with E-state index in [-0.39, 0.29) is 24.3 Å². The van der Waals surface area contributed by atoms with E-state index in [1.807, 2.05) is 18.2 Å². The standard InChI is InChI=1S/C16H14ClNO.2BrH.Zr/c1-2-10-4-3-5-12(10)14-9-7-11-6-8-13(17)16(19)15(11)18-14;;;/h3-4,6-9,19H,2,5H2,1H3;2*1H;/q;;;+2/p-2. The molecule has 0 fully saturated rings. The number of hydrogen-bond acceptors (Lipinski definition) is 2. The van der Waals surface area contributed by atoms with E-state index in [0.29, 0.717) is 10.5 Å². The minimum atomic E-state index is -0.145. The molecule has 0 atom stereocenters. The molecule has 0 saturated carbocycles. The van der Waals surface area contributed by atoms with Gasteiger partial charge in [-0.1, -0.05) is 42.8 Å². The van der Waals surface area contributed by atoms with Crippen LogP contribution in [0.1, 0.15) is 25.5 Å². The van der Waals surface area contributed by atoms with Gasteiger partial charge < -0.3 is 5.11 Å². The summed E-state index contributed by atoms with van der Waals surface area (Å²) in [5, 5.41) is 11.3. The molecule has 0 bridgehead atoms. The van der Waals surface area contributed by atoms with Gasteiger partial charge in [0.25, 0.3) is 0 Å². The fourth-order valence-electron chi connectivity index (χ4n) is 2.47. The topological polar surface area (TPSA) is 33.1 Å². The number of phenolic OH excluding ortho intramolecular Hbond substituents is 1. The van der Waals surface area contributed by atoms with Crippen LogP contribution >= 0.6 is 36.0 Å². The number of fused-ring (bicyclic) bond motifs is 1. The number of rotatable bonds is 2. The zero-order chi connectivity index (χ0) is 16.1. The van der Waals surface area contributed by atoms with Crippen molar-refractivity contribution >= 4 is 52.5 Å². The maximum absolute atomic E-state index is 10.0. The summed E-state index contributed by atoms with van der Waals surface area (Å²) in [7, 11) is 0. The molecule has 0 amide bonds. The van der Waals surface area contributed by atoms with Crippen molar-refractivity contribution in [1.82, 2.24) is 4.98 Å². The first kappa shape index (κ1) is 18.4. The second kappa shape index (κ2) is 8.77. The summed E-state index contributed by atoms with van der Waals surface area (Å²) in [6.45, 7) is 2.14. The molecule has 0 aliphatic heterocycles. The number of pyridine rings is 1. The van der Waals surface area contributed by atoms with Crippen LogP contribution in [0.4, 0.5) is 0 Å². The quantitative estimate of drug-likeness (QED) is 0.495. The molecule has 1 heterocycles. The second-order valence-electron chi connectivity index (χ2n) is 4.70. The van der Waals surface area contributed by atoms with Gasteiger partial charge in [0.05, 0.1) is 10.7 Å². The summed E-state index contributed by atoms with van der Waals surface area (Å²) in [6, 6.07) is 7.55. The van der Waals surface area contributed by atoms with Crippen LogP contribution in [-0.2, 0) is 18.5 Å². The third-order valence-electron chi connectivity index (χ3n) is 3.50. The number of benzene rings is 1. The van der Waals surface area contributed by atoms with E-state index < -0.39 is 0 Å². The van der Waals surface area contributed by atoms with Crippen molar-refractivity contribution in [3.8, 4) is 5.75 Å². The zero-order valence-electron chi connectivity index (χ0n) is 11.9. The van der Waals surface area contributed by atoms with E-state index in [2.05, 4.69) is 48.5 Å². The Balaban J connectivity index is 0.000000545. The molecular formula is C16H14Br2ClNOZr. The van der Waals surface area contributed by atoms with Crippen molar-refractivity contribution in [3.05, 3.63) is 52.7 Å². The van der Waals surface area contributed by atoms with Gasteiger partial charge in [0.1, 0.15) is 5.52 Å². The van der Waals surface area contributed by atoms with E-state index in [0.717, 1.165) is 23.9 Å². The van der Waals surface area contributed by atoms with Gasteiger partial charge in [0, 0.05) is 5.39 Å². The molecular weight excluding hydrogens is 509 g/mol. The van der Waals surface area contributed by atoms with E-state index in [1.165, 1.54) is 11.1 Å². The van der Waals surface area contributed by atoms with Gasteiger partial charge in [0.2, 0.25) is 0 Å². The van der Waals surface area contributed by atoms with Gasteiger partial charge in [-0.15, -0.1) is 0 Å². The van der Waals surface area contributed by atoms with Gasteiger partial charge >= 0.3 is 43.0 Å².